The molecule has 1 aromatic heterocycles. The maximum Gasteiger partial charge on any atom is 0.251 e. The van der Waals surface area contributed by atoms with E-state index in [9.17, 15) is 4.79 Å². The minimum Gasteiger partial charge on any atom is -0.370 e. The molecular formula is C18H22ClN3O. The second-order valence-corrected chi connectivity index (χ2v) is 6.22. The van der Waals surface area contributed by atoms with Crippen molar-refractivity contribution < 1.29 is 4.79 Å². The zero-order valence-corrected chi connectivity index (χ0v) is 14.2. The Morgan fingerprint density at radius 3 is 2.78 bits per heavy atom. The van der Waals surface area contributed by atoms with Crippen LogP contribution in [0.2, 0.25) is 5.02 Å². The summed E-state index contributed by atoms with van der Waals surface area (Å²) < 4.78 is 0. The number of pyridine rings is 1. The molecule has 23 heavy (non-hydrogen) atoms. The molecule has 2 aromatic rings. The molecule has 0 spiro atoms. The summed E-state index contributed by atoms with van der Waals surface area (Å²) in [6.45, 7) is 5.59. The van der Waals surface area contributed by atoms with Crippen molar-refractivity contribution in [2.75, 3.05) is 11.9 Å². The molecule has 1 aromatic carbocycles. The van der Waals surface area contributed by atoms with E-state index in [0.717, 1.165) is 24.3 Å². The van der Waals surface area contributed by atoms with Crippen LogP contribution < -0.4 is 10.6 Å². The predicted molar refractivity (Wildman–Crippen MR) is 94.8 cm³/mol. The third kappa shape index (κ3) is 5.57. The molecule has 122 valence electrons. The van der Waals surface area contributed by atoms with Crippen LogP contribution in [0.25, 0.3) is 0 Å². The maximum absolute atomic E-state index is 12.3. The fourth-order valence-electron chi connectivity index (χ4n) is 2.08. The molecule has 1 amide bonds. The number of amides is 1. The number of aromatic nitrogens is 1. The smallest absolute Gasteiger partial charge is 0.251 e. The third-order valence-corrected chi connectivity index (χ3v) is 3.82. The molecule has 4 nitrogen and oxygen atoms in total. The fraction of sp³-hybridized carbons (Fsp3) is 0.333. The van der Waals surface area contributed by atoms with E-state index < -0.39 is 0 Å². The first-order valence-corrected chi connectivity index (χ1v) is 8.15. The molecule has 0 bridgehead atoms. The van der Waals surface area contributed by atoms with E-state index in [0.29, 0.717) is 23.0 Å². The van der Waals surface area contributed by atoms with Crippen LogP contribution in [0.5, 0.6) is 0 Å². The standard InChI is InChI=1S/C18H22ClN3O/c1-13(2)7-9-20-17-11-14(8-10-21-17)18(23)22-12-15-5-3-4-6-16(15)19/h3-6,8,10-11,13H,7,9,12H2,1-2H3,(H,20,21)(H,22,23). The van der Waals surface area contributed by atoms with E-state index in [2.05, 4.69) is 29.5 Å². The van der Waals surface area contributed by atoms with Crippen molar-refractivity contribution in [2.45, 2.75) is 26.8 Å². The minimum absolute atomic E-state index is 0.140. The number of carbonyl (C=O) groups is 1. The van der Waals surface area contributed by atoms with E-state index in [1.165, 1.54) is 0 Å². The highest BCUT2D eigenvalue weighted by molar-refractivity contribution is 6.31. The normalized spacial score (nSPS) is 10.6. The van der Waals surface area contributed by atoms with E-state index in [-0.39, 0.29) is 5.91 Å². The summed E-state index contributed by atoms with van der Waals surface area (Å²) in [6.07, 6.45) is 2.70. The molecule has 0 atom stereocenters. The van der Waals surface area contributed by atoms with Gasteiger partial charge in [0.05, 0.1) is 0 Å². The quantitative estimate of drug-likeness (QED) is 0.802. The van der Waals surface area contributed by atoms with Gasteiger partial charge in [0.2, 0.25) is 0 Å². The van der Waals surface area contributed by atoms with Crippen LogP contribution in [-0.2, 0) is 6.54 Å². The van der Waals surface area contributed by atoms with Crippen LogP contribution in [0.15, 0.2) is 42.6 Å². The van der Waals surface area contributed by atoms with Gasteiger partial charge < -0.3 is 10.6 Å². The molecule has 0 aliphatic carbocycles. The van der Waals surface area contributed by atoms with Gasteiger partial charge in [0.15, 0.2) is 0 Å². The van der Waals surface area contributed by atoms with E-state index >= 15 is 0 Å². The lowest BCUT2D eigenvalue weighted by atomic mass is 10.1. The molecule has 0 fully saturated rings. The summed E-state index contributed by atoms with van der Waals surface area (Å²) in [5, 5.41) is 6.77. The van der Waals surface area contributed by atoms with Crippen molar-refractivity contribution in [1.29, 1.82) is 0 Å². The number of hydrogen-bond acceptors (Lipinski definition) is 3. The van der Waals surface area contributed by atoms with E-state index in [4.69, 9.17) is 11.6 Å². The third-order valence-electron chi connectivity index (χ3n) is 3.45. The Morgan fingerprint density at radius 2 is 2.04 bits per heavy atom. The molecule has 2 rings (SSSR count). The minimum atomic E-state index is -0.140. The molecule has 0 unspecified atom stereocenters. The Bertz CT molecular complexity index is 658. The maximum atomic E-state index is 12.3. The van der Waals surface area contributed by atoms with Gasteiger partial charge in [-0.1, -0.05) is 43.6 Å². The van der Waals surface area contributed by atoms with Crippen molar-refractivity contribution in [1.82, 2.24) is 10.3 Å². The number of benzene rings is 1. The number of nitrogens with one attached hydrogen (secondary N) is 2. The first-order valence-electron chi connectivity index (χ1n) is 7.78. The molecule has 0 saturated heterocycles. The van der Waals surface area contributed by atoms with Crippen LogP contribution in [0, 0.1) is 5.92 Å². The molecule has 1 heterocycles. The average molecular weight is 332 g/mol. The Hall–Kier alpha value is -2.07. The highest BCUT2D eigenvalue weighted by atomic mass is 35.5. The lowest BCUT2D eigenvalue weighted by Crippen LogP contribution is -2.23. The monoisotopic (exact) mass is 331 g/mol. The first-order chi connectivity index (χ1) is 11.1. The van der Waals surface area contributed by atoms with Crippen LogP contribution >= 0.6 is 11.6 Å². The first kappa shape index (κ1) is 17.3. The second kappa shape index (κ2) is 8.53. The van der Waals surface area contributed by atoms with Gasteiger partial charge in [0.25, 0.3) is 5.91 Å². The summed E-state index contributed by atoms with van der Waals surface area (Å²) in [5.41, 5.74) is 1.48. The van der Waals surface area contributed by atoms with Gasteiger partial charge in [-0.05, 0) is 36.1 Å². The molecule has 0 aliphatic rings. The molecular weight excluding hydrogens is 310 g/mol. The lowest BCUT2D eigenvalue weighted by Gasteiger charge is -2.10. The van der Waals surface area contributed by atoms with Gasteiger partial charge in [0.1, 0.15) is 5.82 Å². The Balaban J connectivity index is 1.93. The summed E-state index contributed by atoms with van der Waals surface area (Å²) in [6, 6.07) is 10.9. The van der Waals surface area contributed by atoms with Gasteiger partial charge in [-0.3, -0.25) is 4.79 Å². The van der Waals surface area contributed by atoms with Gasteiger partial charge in [-0.2, -0.15) is 0 Å². The molecule has 0 saturated carbocycles. The van der Waals surface area contributed by atoms with Crippen molar-refractivity contribution in [3.8, 4) is 0 Å². The molecule has 0 aliphatic heterocycles. The lowest BCUT2D eigenvalue weighted by molar-refractivity contribution is 0.0951. The zero-order chi connectivity index (χ0) is 16.7. The molecule has 5 heteroatoms. The van der Waals surface area contributed by atoms with Gasteiger partial charge in [0, 0.05) is 29.9 Å². The van der Waals surface area contributed by atoms with Crippen LogP contribution in [0.1, 0.15) is 36.2 Å². The second-order valence-electron chi connectivity index (χ2n) is 5.81. The van der Waals surface area contributed by atoms with Crippen molar-refractivity contribution in [3.05, 3.63) is 58.7 Å². The highest BCUT2D eigenvalue weighted by Crippen LogP contribution is 2.15. The summed E-state index contributed by atoms with van der Waals surface area (Å²) in [5.74, 6) is 1.21. The summed E-state index contributed by atoms with van der Waals surface area (Å²) in [7, 11) is 0. The average Bonchev–Trinajstić information content (AvgIpc) is 2.54. The zero-order valence-electron chi connectivity index (χ0n) is 13.5. The number of hydrogen-bond donors (Lipinski definition) is 2. The van der Waals surface area contributed by atoms with Gasteiger partial charge in [-0.15, -0.1) is 0 Å². The Morgan fingerprint density at radius 1 is 1.26 bits per heavy atom. The van der Waals surface area contributed by atoms with Gasteiger partial charge in [-0.25, -0.2) is 4.98 Å². The van der Waals surface area contributed by atoms with Crippen molar-refractivity contribution >= 4 is 23.3 Å². The Kier molecular flexibility index (Phi) is 6.41. The summed E-state index contributed by atoms with van der Waals surface area (Å²) in [4.78, 5) is 16.5. The highest BCUT2D eigenvalue weighted by Gasteiger charge is 2.08. The summed E-state index contributed by atoms with van der Waals surface area (Å²) >= 11 is 6.09. The fourth-order valence-corrected chi connectivity index (χ4v) is 2.28. The molecule has 2 N–H and O–H groups in total. The Labute approximate surface area is 142 Å². The van der Waals surface area contributed by atoms with Crippen LogP contribution in [0.4, 0.5) is 5.82 Å². The number of rotatable bonds is 7. The number of nitrogens with zero attached hydrogens (tertiary/aromatic N) is 1. The van der Waals surface area contributed by atoms with Gasteiger partial charge >= 0.3 is 0 Å². The number of anilines is 1. The molecule has 0 radical (unpaired) electrons. The number of carbonyl (C=O) groups excluding carboxylic acids is 1. The SMILES string of the molecule is CC(C)CCNc1cc(C(=O)NCc2ccccc2Cl)ccn1. The van der Waals surface area contributed by atoms with Crippen LogP contribution in [-0.4, -0.2) is 17.4 Å². The predicted octanol–water partition coefficient (Wildman–Crippen LogP) is 4.12. The largest absolute Gasteiger partial charge is 0.370 e. The topological polar surface area (TPSA) is 54.0 Å². The van der Waals surface area contributed by atoms with Crippen molar-refractivity contribution in [2.24, 2.45) is 5.92 Å². The van der Waals surface area contributed by atoms with Crippen LogP contribution in [0.3, 0.4) is 0 Å². The van der Waals surface area contributed by atoms with E-state index in [1.54, 1.807) is 18.3 Å². The number of halogens is 1. The van der Waals surface area contributed by atoms with E-state index in [1.807, 2.05) is 24.3 Å². The van der Waals surface area contributed by atoms with Crippen molar-refractivity contribution in [3.63, 3.8) is 0 Å².